The van der Waals surface area contributed by atoms with Gasteiger partial charge in [0.25, 0.3) is 0 Å². The first kappa shape index (κ1) is 18.6. The number of benzene rings is 1. The van der Waals surface area contributed by atoms with E-state index in [0.717, 1.165) is 17.5 Å². The van der Waals surface area contributed by atoms with Crippen molar-refractivity contribution in [2.24, 2.45) is 0 Å². The fraction of sp³-hybridized carbons (Fsp3) is 0.250. The van der Waals surface area contributed by atoms with Crippen LogP contribution in [0.1, 0.15) is 18.2 Å². The van der Waals surface area contributed by atoms with Gasteiger partial charge < -0.3 is 4.90 Å². The lowest BCUT2D eigenvalue weighted by Crippen LogP contribution is -2.45. The van der Waals surface area contributed by atoms with E-state index >= 15 is 0 Å². The van der Waals surface area contributed by atoms with Crippen molar-refractivity contribution in [2.75, 3.05) is 0 Å². The molecule has 8 heteroatoms. The maximum Gasteiger partial charge on any atom is 0.227 e. The summed E-state index contributed by atoms with van der Waals surface area (Å²) < 4.78 is 28.4. The van der Waals surface area contributed by atoms with Gasteiger partial charge in [0.05, 0.1) is 48.3 Å². The number of rotatable bonds is 3. The molecule has 28 heavy (non-hydrogen) atoms. The highest BCUT2D eigenvalue weighted by atomic mass is 35.5. The number of pyridine rings is 1. The SMILES string of the molecule is CC1Cn2ncc(-c3ccc(F)cn3)c2CN1C(=O)Cc1ccc(F)c(Cl)c1. The lowest BCUT2D eigenvalue weighted by molar-refractivity contribution is -0.134. The number of amides is 1. The fourth-order valence-corrected chi connectivity index (χ4v) is 3.61. The molecule has 3 heterocycles. The van der Waals surface area contributed by atoms with Gasteiger partial charge in [0, 0.05) is 11.6 Å². The molecular formula is C20H17ClF2N4O. The maximum absolute atomic E-state index is 13.3. The standard InChI is InChI=1S/C20H17ClF2N4O/c1-12-10-27-19(15(9-25-27)18-5-3-14(22)8-24-18)11-26(12)20(28)7-13-2-4-17(23)16(21)6-13/h2-6,8-9,12H,7,10-11H2,1H3. The third-order valence-corrected chi connectivity index (χ3v) is 5.19. The first-order valence-electron chi connectivity index (χ1n) is 8.82. The largest absolute Gasteiger partial charge is 0.332 e. The summed E-state index contributed by atoms with van der Waals surface area (Å²) in [4.78, 5) is 18.8. The molecule has 1 unspecified atom stereocenters. The van der Waals surface area contributed by atoms with Crippen molar-refractivity contribution in [3.63, 3.8) is 0 Å². The van der Waals surface area contributed by atoms with Crippen LogP contribution in [0.4, 0.5) is 8.78 Å². The third kappa shape index (κ3) is 3.49. The number of hydrogen-bond donors (Lipinski definition) is 0. The Kier molecular flexibility index (Phi) is 4.85. The van der Waals surface area contributed by atoms with Crippen LogP contribution in [0.25, 0.3) is 11.3 Å². The quantitative estimate of drug-likeness (QED) is 0.668. The Morgan fingerprint density at radius 1 is 1.25 bits per heavy atom. The van der Waals surface area contributed by atoms with E-state index in [1.54, 1.807) is 23.2 Å². The molecule has 1 aliphatic rings. The van der Waals surface area contributed by atoms with Gasteiger partial charge in [-0.3, -0.25) is 14.5 Å². The van der Waals surface area contributed by atoms with Gasteiger partial charge in [-0.1, -0.05) is 17.7 Å². The predicted molar refractivity (Wildman–Crippen MR) is 101 cm³/mol. The number of carbonyl (C=O) groups is 1. The zero-order chi connectivity index (χ0) is 19.8. The van der Waals surface area contributed by atoms with E-state index in [1.807, 2.05) is 11.6 Å². The summed E-state index contributed by atoms with van der Waals surface area (Å²) >= 11 is 5.82. The minimum Gasteiger partial charge on any atom is -0.332 e. The Morgan fingerprint density at radius 2 is 2.07 bits per heavy atom. The average Bonchev–Trinajstić information content (AvgIpc) is 3.07. The van der Waals surface area contributed by atoms with Gasteiger partial charge in [-0.2, -0.15) is 5.10 Å². The molecule has 3 aromatic rings. The number of halogens is 3. The summed E-state index contributed by atoms with van der Waals surface area (Å²) in [6.07, 6.45) is 2.98. The Hall–Kier alpha value is -2.80. The van der Waals surface area contributed by atoms with Crippen LogP contribution < -0.4 is 0 Å². The van der Waals surface area contributed by atoms with Crippen LogP contribution in [-0.2, 0) is 24.3 Å². The van der Waals surface area contributed by atoms with E-state index in [2.05, 4.69) is 10.1 Å². The zero-order valence-corrected chi connectivity index (χ0v) is 15.8. The lowest BCUT2D eigenvalue weighted by Gasteiger charge is -2.34. The molecule has 0 radical (unpaired) electrons. The van der Waals surface area contributed by atoms with Crippen LogP contribution in [0.2, 0.25) is 5.02 Å². The van der Waals surface area contributed by atoms with E-state index < -0.39 is 11.6 Å². The Bertz CT molecular complexity index is 1040. The van der Waals surface area contributed by atoms with Crippen LogP contribution in [-0.4, -0.2) is 31.6 Å². The third-order valence-electron chi connectivity index (χ3n) is 4.90. The van der Waals surface area contributed by atoms with E-state index in [4.69, 9.17) is 11.6 Å². The highest BCUT2D eigenvalue weighted by Gasteiger charge is 2.29. The Morgan fingerprint density at radius 3 is 2.79 bits per heavy atom. The summed E-state index contributed by atoms with van der Waals surface area (Å²) in [6.45, 7) is 2.87. The first-order valence-corrected chi connectivity index (χ1v) is 9.20. The van der Waals surface area contributed by atoms with Crippen molar-refractivity contribution >= 4 is 17.5 Å². The van der Waals surface area contributed by atoms with Crippen molar-refractivity contribution in [3.8, 4) is 11.3 Å². The zero-order valence-electron chi connectivity index (χ0n) is 15.1. The average molecular weight is 403 g/mol. The second-order valence-corrected chi connectivity index (χ2v) is 7.25. The Balaban J connectivity index is 1.58. The molecule has 1 aromatic carbocycles. The molecule has 0 saturated heterocycles. The van der Waals surface area contributed by atoms with Crippen LogP contribution in [0.3, 0.4) is 0 Å². The normalized spacial score (nSPS) is 16.1. The van der Waals surface area contributed by atoms with E-state index in [9.17, 15) is 13.6 Å². The fourth-order valence-electron chi connectivity index (χ4n) is 3.41. The molecule has 0 bridgehead atoms. The van der Waals surface area contributed by atoms with Crippen LogP contribution >= 0.6 is 11.6 Å². The van der Waals surface area contributed by atoms with Crippen molar-refractivity contribution in [3.05, 3.63) is 70.6 Å². The van der Waals surface area contributed by atoms with Gasteiger partial charge in [-0.05, 0) is 36.8 Å². The summed E-state index contributed by atoms with van der Waals surface area (Å²) in [7, 11) is 0. The van der Waals surface area contributed by atoms with Gasteiger partial charge in [0.15, 0.2) is 0 Å². The second-order valence-electron chi connectivity index (χ2n) is 6.84. The van der Waals surface area contributed by atoms with Gasteiger partial charge in [0.1, 0.15) is 11.6 Å². The highest BCUT2D eigenvalue weighted by molar-refractivity contribution is 6.30. The van der Waals surface area contributed by atoms with Gasteiger partial charge >= 0.3 is 0 Å². The van der Waals surface area contributed by atoms with Gasteiger partial charge in [-0.25, -0.2) is 8.78 Å². The molecule has 1 atom stereocenters. The summed E-state index contributed by atoms with van der Waals surface area (Å²) in [6, 6.07) is 7.19. The summed E-state index contributed by atoms with van der Waals surface area (Å²) in [5.41, 5.74) is 2.88. The minimum absolute atomic E-state index is 0.000241. The monoisotopic (exact) mass is 402 g/mol. The van der Waals surface area contributed by atoms with Gasteiger partial charge in [-0.15, -0.1) is 0 Å². The molecule has 2 aromatic heterocycles. The molecule has 0 saturated carbocycles. The van der Waals surface area contributed by atoms with Crippen molar-refractivity contribution in [1.82, 2.24) is 19.7 Å². The van der Waals surface area contributed by atoms with Crippen molar-refractivity contribution in [1.29, 1.82) is 0 Å². The van der Waals surface area contributed by atoms with Crippen molar-refractivity contribution < 1.29 is 13.6 Å². The molecule has 4 rings (SSSR count). The van der Waals surface area contributed by atoms with E-state index in [0.29, 0.717) is 24.3 Å². The highest BCUT2D eigenvalue weighted by Crippen LogP contribution is 2.28. The smallest absolute Gasteiger partial charge is 0.227 e. The maximum atomic E-state index is 13.3. The molecule has 1 amide bonds. The molecule has 0 N–H and O–H groups in total. The molecule has 1 aliphatic heterocycles. The number of aromatic nitrogens is 3. The Labute approximate surface area is 165 Å². The van der Waals surface area contributed by atoms with Crippen LogP contribution in [0.15, 0.2) is 42.7 Å². The first-order chi connectivity index (χ1) is 13.4. The summed E-state index contributed by atoms with van der Waals surface area (Å²) in [5, 5.41) is 4.39. The summed E-state index contributed by atoms with van der Waals surface area (Å²) in [5.74, 6) is -1.00. The van der Waals surface area contributed by atoms with E-state index in [-0.39, 0.29) is 23.4 Å². The number of fused-ring (bicyclic) bond motifs is 1. The minimum atomic E-state index is -0.510. The molecule has 0 aliphatic carbocycles. The number of carbonyl (C=O) groups excluding carboxylic acids is 1. The number of nitrogens with zero attached hydrogens (tertiary/aromatic N) is 4. The van der Waals surface area contributed by atoms with Gasteiger partial charge in [0.2, 0.25) is 5.91 Å². The molecule has 144 valence electrons. The predicted octanol–water partition coefficient (Wildman–Crippen LogP) is 3.85. The molecule has 5 nitrogen and oxygen atoms in total. The number of hydrogen-bond acceptors (Lipinski definition) is 3. The molecular weight excluding hydrogens is 386 g/mol. The van der Waals surface area contributed by atoms with Crippen LogP contribution in [0, 0.1) is 11.6 Å². The van der Waals surface area contributed by atoms with Crippen LogP contribution in [0.5, 0.6) is 0 Å². The molecule has 0 spiro atoms. The topological polar surface area (TPSA) is 51.0 Å². The van der Waals surface area contributed by atoms with E-state index in [1.165, 1.54) is 18.2 Å². The van der Waals surface area contributed by atoms with Crippen molar-refractivity contribution in [2.45, 2.75) is 32.5 Å². The molecule has 0 fully saturated rings. The second kappa shape index (κ2) is 7.31. The lowest BCUT2D eigenvalue weighted by atomic mass is 10.1.